The second-order valence-corrected chi connectivity index (χ2v) is 17.5. The minimum Gasteiger partial charge on any atom is -0.310 e. The van der Waals surface area contributed by atoms with Gasteiger partial charge >= 0.3 is 0 Å². The largest absolute Gasteiger partial charge is 0.310 e. The number of benzene rings is 9. The molecule has 0 bridgehead atoms. The van der Waals surface area contributed by atoms with Crippen LogP contribution in [0.5, 0.6) is 0 Å². The van der Waals surface area contributed by atoms with Crippen LogP contribution in [0.25, 0.3) is 40.3 Å². The van der Waals surface area contributed by atoms with Gasteiger partial charge in [-0.15, -0.1) is 22.7 Å². The summed E-state index contributed by atoms with van der Waals surface area (Å²) in [7, 11) is 0. The van der Waals surface area contributed by atoms with E-state index in [-0.39, 0.29) is 5.92 Å². The van der Waals surface area contributed by atoms with E-state index in [1.165, 1.54) is 57.0 Å². The van der Waals surface area contributed by atoms with Crippen molar-refractivity contribution >= 4 is 97.1 Å². The van der Waals surface area contributed by atoms with Gasteiger partial charge in [0.15, 0.2) is 0 Å². The van der Waals surface area contributed by atoms with E-state index < -0.39 is 0 Å². The molecule has 0 atom stereocenters. The highest BCUT2D eigenvalue weighted by molar-refractivity contribution is 7.26. The van der Waals surface area contributed by atoms with Crippen molar-refractivity contribution in [2.45, 2.75) is 12.3 Å². The SMILES string of the molecule is c1ccc(C(Cc2ccc3c(c2)sc2ccc(N(c4ccccc4)c4cc(N(c5ccccc5)c5ccccc5)cc5sc6ccccc6c45)cc23)c2ccccc2)cc1. The van der Waals surface area contributed by atoms with Gasteiger partial charge in [-0.25, -0.2) is 0 Å². The van der Waals surface area contributed by atoms with Crippen LogP contribution in [0.1, 0.15) is 22.6 Å². The Kier molecular flexibility index (Phi) is 9.42. The van der Waals surface area contributed by atoms with Gasteiger partial charge in [-0.05, 0) is 102 Å². The molecule has 2 nitrogen and oxygen atoms in total. The average molecular weight is 805 g/mol. The lowest BCUT2D eigenvalue weighted by atomic mass is 9.86. The molecule has 286 valence electrons. The molecule has 0 fully saturated rings. The number of nitrogens with zero attached hydrogens (tertiary/aromatic N) is 2. The maximum absolute atomic E-state index is 2.47. The van der Waals surface area contributed by atoms with Crippen molar-refractivity contribution < 1.29 is 0 Å². The summed E-state index contributed by atoms with van der Waals surface area (Å²) >= 11 is 3.75. The van der Waals surface area contributed by atoms with Crippen molar-refractivity contribution in [2.24, 2.45) is 0 Å². The second-order valence-electron chi connectivity index (χ2n) is 15.3. The molecule has 0 unspecified atom stereocenters. The van der Waals surface area contributed by atoms with Gasteiger partial charge in [0.05, 0.1) is 5.69 Å². The van der Waals surface area contributed by atoms with Crippen LogP contribution in [0.4, 0.5) is 34.1 Å². The zero-order valence-electron chi connectivity index (χ0n) is 32.9. The molecule has 4 heteroatoms. The number of hydrogen-bond donors (Lipinski definition) is 0. The first-order chi connectivity index (χ1) is 29.7. The van der Waals surface area contributed by atoms with E-state index in [0.717, 1.165) is 40.5 Å². The fraction of sp³-hybridized carbons (Fsp3) is 0.0357. The third-order valence-electron chi connectivity index (χ3n) is 11.6. The summed E-state index contributed by atoms with van der Waals surface area (Å²) in [6, 6.07) is 82.0. The summed E-state index contributed by atoms with van der Waals surface area (Å²) in [6.45, 7) is 0. The Morgan fingerprint density at radius 1 is 0.333 bits per heavy atom. The molecule has 0 saturated heterocycles. The zero-order chi connectivity index (χ0) is 39.8. The Bertz CT molecular complexity index is 3150. The lowest BCUT2D eigenvalue weighted by Gasteiger charge is -2.30. The Morgan fingerprint density at radius 3 is 1.50 bits per heavy atom. The van der Waals surface area contributed by atoms with E-state index in [1.807, 2.05) is 22.7 Å². The lowest BCUT2D eigenvalue weighted by molar-refractivity contribution is 0.806. The second kappa shape index (κ2) is 15.6. The Morgan fingerprint density at radius 2 is 0.867 bits per heavy atom. The summed E-state index contributed by atoms with van der Waals surface area (Å²) in [6.07, 6.45) is 0.940. The van der Waals surface area contributed by atoms with Gasteiger partial charge in [-0.2, -0.15) is 0 Å². The number of hydrogen-bond acceptors (Lipinski definition) is 4. The predicted molar refractivity (Wildman–Crippen MR) is 260 cm³/mol. The Labute approximate surface area is 358 Å². The van der Waals surface area contributed by atoms with Crippen LogP contribution in [-0.4, -0.2) is 0 Å². The molecule has 0 amide bonds. The first-order valence-electron chi connectivity index (χ1n) is 20.5. The highest BCUT2D eigenvalue weighted by Gasteiger charge is 2.24. The summed E-state index contributed by atoms with van der Waals surface area (Å²) in [5, 5.41) is 5.10. The van der Waals surface area contributed by atoms with Gasteiger partial charge in [-0.1, -0.05) is 146 Å². The minimum atomic E-state index is 0.283. The lowest BCUT2D eigenvalue weighted by Crippen LogP contribution is -2.13. The summed E-state index contributed by atoms with van der Waals surface area (Å²) < 4.78 is 5.14. The van der Waals surface area contributed by atoms with E-state index in [9.17, 15) is 0 Å². The molecule has 0 saturated carbocycles. The van der Waals surface area contributed by atoms with Gasteiger partial charge in [0.1, 0.15) is 0 Å². The van der Waals surface area contributed by atoms with E-state index in [0.29, 0.717) is 0 Å². The average Bonchev–Trinajstić information content (AvgIpc) is 3.88. The molecule has 11 aromatic rings. The molecule has 0 aliphatic rings. The van der Waals surface area contributed by atoms with Crippen LogP contribution in [-0.2, 0) is 6.42 Å². The summed E-state index contributed by atoms with van der Waals surface area (Å²) in [5.74, 6) is 0.283. The maximum Gasteiger partial charge on any atom is 0.0575 e. The Hall–Kier alpha value is -6.98. The normalized spacial score (nSPS) is 11.6. The monoisotopic (exact) mass is 804 g/mol. The standard InChI is InChI=1S/C56H40N2S2/c1-6-18-40(19-7-1)49(41-20-8-2-9-21-41)34-39-30-32-47-50-36-45(31-33-53(50)59-54(47)35-39)58(44-26-14-5-15-27-44)51-37-46(38-55-56(51)48-28-16-17-29-52(48)60-55)57(42-22-10-3-11-23-42)43-24-12-4-13-25-43/h1-33,35-38,49H,34H2. The first-order valence-corrected chi connectivity index (χ1v) is 22.1. The van der Waals surface area contributed by atoms with Crippen LogP contribution in [0.3, 0.4) is 0 Å². The highest BCUT2D eigenvalue weighted by Crippen LogP contribution is 2.50. The van der Waals surface area contributed by atoms with Crippen molar-refractivity contribution in [3.8, 4) is 0 Å². The third-order valence-corrected chi connectivity index (χ3v) is 13.9. The smallest absolute Gasteiger partial charge is 0.0575 e. The van der Waals surface area contributed by atoms with Crippen molar-refractivity contribution in [3.63, 3.8) is 0 Å². The van der Waals surface area contributed by atoms with Crippen molar-refractivity contribution in [1.82, 2.24) is 0 Å². The number of fused-ring (bicyclic) bond motifs is 6. The van der Waals surface area contributed by atoms with Crippen molar-refractivity contribution in [3.05, 3.63) is 241 Å². The van der Waals surface area contributed by atoms with Crippen molar-refractivity contribution in [2.75, 3.05) is 9.80 Å². The fourth-order valence-electron chi connectivity index (χ4n) is 8.84. The van der Waals surface area contributed by atoms with Gasteiger partial charge in [0.2, 0.25) is 0 Å². The molecule has 0 aliphatic heterocycles. The van der Waals surface area contributed by atoms with Crippen LogP contribution in [0, 0.1) is 0 Å². The number of anilines is 6. The van der Waals surface area contributed by atoms with Crippen LogP contribution in [0.2, 0.25) is 0 Å². The maximum atomic E-state index is 2.47. The topological polar surface area (TPSA) is 6.48 Å². The van der Waals surface area contributed by atoms with Gasteiger partial charge in [0, 0.05) is 74.7 Å². The van der Waals surface area contributed by atoms with Gasteiger partial charge in [-0.3, -0.25) is 0 Å². The van der Waals surface area contributed by atoms with E-state index in [1.54, 1.807) is 0 Å². The molecule has 11 rings (SSSR count). The fourth-order valence-corrected chi connectivity index (χ4v) is 11.1. The number of para-hydroxylation sites is 3. The molecule has 0 spiro atoms. The summed E-state index contributed by atoms with van der Waals surface area (Å²) in [5.41, 5.74) is 10.8. The first kappa shape index (κ1) is 36.1. The van der Waals surface area contributed by atoms with Crippen LogP contribution >= 0.6 is 22.7 Å². The number of rotatable bonds is 10. The molecular weight excluding hydrogens is 765 g/mol. The Balaban J connectivity index is 1.08. The molecular formula is C56H40N2S2. The quantitative estimate of drug-likeness (QED) is 0.136. The van der Waals surface area contributed by atoms with E-state index >= 15 is 0 Å². The van der Waals surface area contributed by atoms with Gasteiger partial charge in [0.25, 0.3) is 0 Å². The predicted octanol–water partition coefficient (Wildman–Crippen LogP) is 16.7. The molecule has 0 aliphatic carbocycles. The zero-order valence-corrected chi connectivity index (χ0v) is 34.5. The molecule has 2 heterocycles. The third kappa shape index (κ3) is 6.70. The van der Waals surface area contributed by atoms with Gasteiger partial charge < -0.3 is 9.80 Å². The molecule has 9 aromatic carbocycles. The van der Waals surface area contributed by atoms with E-state index in [2.05, 4.69) is 234 Å². The highest BCUT2D eigenvalue weighted by atomic mass is 32.1. The molecule has 2 aromatic heterocycles. The minimum absolute atomic E-state index is 0.283. The van der Waals surface area contributed by atoms with Crippen LogP contribution in [0.15, 0.2) is 224 Å². The molecule has 0 N–H and O–H groups in total. The summed E-state index contributed by atoms with van der Waals surface area (Å²) in [4.78, 5) is 4.85. The van der Waals surface area contributed by atoms with Crippen molar-refractivity contribution in [1.29, 1.82) is 0 Å². The number of thiophene rings is 2. The molecule has 0 radical (unpaired) electrons. The van der Waals surface area contributed by atoms with Crippen LogP contribution < -0.4 is 9.80 Å². The molecule has 60 heavy (non-hydrogen) atoms. The van der Waals surface area contributed by atoms with E-state index in [4.69, 9.17) is 0 Å².